The second-order valence-corrected chi connectivity index (χ2v) is 6.84. The van der Waals surface area contributed by atoms with Crippen LogP contribution in [0.5, 0.6) is 0 Å². The maximum absolute atomic E-state index is 13.2. The summed E-state index contributed by atoms with van der Waals surface area (Å²) in [5.74, 6) is -0.235. The van der Waals surface area contributed by atoms with Crippen LogP contribution in [0.4, 0.5) is 4.39 Å². The topological polar surface area (TPSA) is 26.0 Å². The van der Waals surface area contributed by atoms with E-state index in [0.717, 1.165) is 20.5 Å². The van der Waals surface area contributed by atoms with E-state index in [1.807, 2.05) is 12.1 Å². The average Bonchev–Trinajstić information content (AvgIpc) is 2.85. The highest BCUT2D eigenvalue weighted by Crippen LogP contribution is 2.32. The van der Waals surface area contributed by atoms with E-state index in [-0.39, 0.29) is 11.9 Å². The van der Waals surface area contributed by atoms with Crippen LogP contribution in [0.25, 0.3) is 10.1 Å². The van der Waals surface area contributed by atoms with Crippen molar-refractivity contribution in [3.8, 4) is 0 Å². The first-order valence-corrected chi connectivity index (χ1v) is 7.98. The number of benzene rings is 2. The lowest BCUT2D eigenvalue weighted by Gasteiger charge is -2.11. The maximum Gasteiger partial charge on any atom is 0.123 e. The number of fused-ring (bicyclic) bond motifs is 1. The van der Waals surface area contributed by atoms with Crippen molar-refractivity contribution in [1.29, 1.82) is 0 Å². The van der Waals surface area contributed by atoms with Crippen LogP contribution < -0.4 is 5.73 Å². The van der Waals surface area contributed by atoms with Crippen molar-refractivity contribution < 1.29 is 4.39 Å². The Morgan fingerprint density at radius 2 is 1.90 bits per heavy atom. The smallest absolute Gasteiger partial charge is 0.123 e. The SMILES string of the molecule is NC(Cc1ccc(Cl)cc1Cl)c1cc2cc(F)ccc2s1. The lowest BCUT2D eigenvalue weighted by Crippen LogP contribution is -2.12. The Hall–Kier alpha value is -1.13. The normalized spacial score (nSPS) is 12.8. The maximum atomic E-state index is 13.2. The molecule has 5 heteroatoms. The Morgan fingerprint density at radius 1 is 1.10 bits per heavy atom. The third-order valence-electron chi connectivity index (χ3n) is 3.32. The molecular formula is C16H12Cl2FNS. The molecule has 108 valence electrons. The van der Waals surface area contributed by atoms with Crippen LogP contribution in [-0.2, 0) is 6.42 Å². The number of thiophene rings is 1. The van der Waals surface area contributed by atoms with E-state index in [4.69, 9.17) is 28.9 Å². The van der Waals surface area contributed by atoms with Crippen molar-refractivity contribution in [1.82, 2.24) is 0 Å². The van der Waals surface area contributed by atoms with E-state index >= 15 is 0 Å². The van der Waals surface area contributed by atoms with Gasteiger partial charge in [-0.05, 0) is 53.8 Å². The number of hydrogen-bond acceptors (Lipinski definition) is 2. The van der Waals surface area contributed by atoms with Gasteiger partial charge >= 0.3 is 0 Å². The predicted molar refractivity (Wildman–Crippen MR) is 88.9 cm³/mol. The zero-order chi connectivity index (χ0) is 15.0. The van der Waals surface area contributed by atoms with E-state index in [0.29, 0.717) is 16.5 Å². The molecule has 0 saturated carbocycles. The summed E-state index contributed by atoms with van der Waals surface area (Å²) < 4.78 is 14.3. The summed E-state index contributed by atoms with van der Waals surface area (Å²) in [5, 5.41) is 2.10. The van der Waals surface area contributed by atoms with E-state index in [2.05, 4.69) is 0 Å². The van der Waals surface area contributed by atoms with Crippen molar-refractivity contribution in [2.45, 2.75) is 12.5 Å². The van der Waals surface area contributed by atoms with Gasteiger partial charge < -0.3 is 5.73 Å². The fourth-order valence-electron chi connectivity index (χ4n) is 2.24. The average molecular weight is 340 g/mol. The first-order valence-electron chi connectivity index (χ1n) is 6.41. The van der Waals surface area contributed by atoms with Gasteiger partial charge in [-0.2, -0.15) is 0 Å². The van der Waals surface area contributed by atoms with Crippen LogP contribution in [0.2, 0.25) is 10.0 Å². The van der Waals surface area contributed by atoms with Gasteiger partial charge in [0.25, 0.3) is 0 Å². The fourth-order valence-corrected chi connectivity index (χ4v) is 3.77. The first kappa shape index (κ1) is 14.8. The summed E-state index contributed by atoms with van der Waals surface area (Å²) in [6, 6.07) is 11.9. The molecular weight excluding hydrogens is 328 g/mol. The summed E-state index contributed by atoms with van der Waals surface area (Å²) in [5.41, 5.74) is 7.22. The van der Waals surface area contributed by atoms with Crippen LogP contribution in [0.1, 0.15) is 16.5 Å². The Balaban J connectivity index is 1.87. The van der Waals surface area contributed by atoms with E-state index in [9.17, 15) is 4.39 Å². The Kier molecular flexibility index (Phi) is 4.18. The molecule has 0 aliphatic rings. The summed E-state index contributed by atoms with van der Waals surface area (Å²) >= 11 is 13.6. The lowest BCUT2D eigenvalue weighted by molar-refractivity contribution is 0.630. The number of nitrogens with two attached hydrogens (primary N) is 1. The molecule has 1 heterocycles. The van der Waals surface area contributed by atoms with Gasteiger partial charge in [0.15, 0.2) is 0 Å². The van der Waals surface area contributed by atoms with Crippen LogP contribution in [0.3, 0.4) is 0 Å². The molecule has 0 saturated heterocycles. The minimum Gasteiger partial charge on any atom is -0.323 e. The van der Waals surface area contributed by atoms with Crippen LogP contribution >= 0.6 is 34.5 Å². The van der Waals surface area contributed by atoms with E-state index < -0.39 is 0 Å². The van der Waals surface area contributed by atoms with Gasteiger partial charge in [0.05, 0.1) is 0 Å². The molecule has 3 rings (SSSR count). The van der Waals surface area contributed by atoms with Crippen molar-refractivity contribution in [3.63, 3.8) is 0 Å². The molecule has 0 radical (unpaired) electrons. The summed E-state index contributed by atoms with van der Waals surface area (Å²) in [7, 11) is 0. The van der Waals surface area contributed by atoms with E-state index in [1.165, 1.54) is 12.1 Å². The summed E-state index contributed by atoms with van der Waals surface area (Å²) in [4.78, 5) is 1.02. The van der Waals surface area contributed by atoms with Crippen molar-refractivity contribution in [2.24, 2.45) is 5.73 Å². The van der Waals surface area contributed by atoms with Crippen molar-refractivity contribution >= 4 is 44.6 Å². The standard InChI is InChI=1S/C16H12Cl2FNS/c17-11-2-1-9(13(18)8-11)6-14(20)16-7-10-5-12(19)3-4-15(10)21-16/h1-5,7-8,14H,6,20H2. The van der Waals surface area contributed by atoms with Gasteiger partial charge in [-0.25, -0.2) is 4.39 Å². The Bertz CT molecular complexity index is 800. The van der Waals surface area contributed by atoms with Gasteiger partial charge in [0.2, 0.25) is 0 Å². The van der Waals surface area contributed by atoms with Gasteiger partial charge in [-0.15, -0.1) is 11.3 Å². The minimum atomic E-state index is -0.235. The molecule has 3 aromatic rings. The molecule has 1 atom stereocenters. The largest absolute Gasteiger partial charge is 0.323 e. The lowest BCUT2D eigenvalue weighted by atomic mass is 10.0. The molecule has 0 spiro atoms. The summed E-state index contributed by atoms with van der Waals surface area (Å²) in [6.45, 7) is 0. The van der Waals surface area contributed by atoms with Crippen molar-refractivity contribution in [3.05, 3.63) is 68.8 Å². The third kappa shape index (κ3) is 3.22. The molecule has 0 amide bonds. The molecule has 0 aliphatic heterocycles. The second kappa shape index (κ2) is 5.93. The van der Waals surface area contributed by atoms with Gasteiger partial charge in [-0.1, -0.05) is 29.3 Å². The predicted octanol–water partition coefficient (Wildman–Crippen LogP) is 5.59. The third-order valence-corrected chi connectivity index (χ3v) is 5.15. The Morgan fingerprint density at radius 3 is 2.67 bits per heavy atom. The first-order chi connectivity index (χ1) is 10.0. The zero-order valence-corrected chi connectivity index (χ0v) is 13.3. The van der Waals surface area contributed by atoms with Gasteiger partial charge in [0.1, 0.15) is 5.82 Å². The zero-order valence-electron chi connectivity index (χ0n) is 10.9. The number of halogens is 3. The number of rotatable bonds is 3. The number of hydrogen-bond donors (Lipinski definition) is 1. The molecule has 0 fully saturated rings. The van der Waals surface area contributed by atoms with Crippen LogP contribution in [0.15, 0.2) is 42.5 Å². The minimum absolute atomic E-state index is 0.177. The van der Waals surface area contributed by atoms with Gasteiger partial charge in [0, 0.05) is 25.7 Å². The molecule has 2 aromatic carbocycles. The molecule has 1 aromatic heterocycles. The van der Waals surface area contributed by atoms with E-state index in [1.54, 1.807) is 29.5 Å². The fraction of sp³-hybridized carbons (Fsp3) is 0.125. The molecule has 0 bridgehead atoms. The van der Waals surface area contributed by atoms with Crippen LogP contribution in [0, 0.1) is 5.82 Å². The molecule has 1 unspecified atom stereocenters. The van der Waals surface area contributed by atoms with Gasteiger partial charge in [-0.3, -0.25) is 0 Å². The highest BCUT2D eigenvalue weighted by Gasteiger charge is 2.13. The quantitative estimate of drug-likeness (QED) is 0.661. The Labute approximate surface area is 136 Å². The molecule has 1 nitrogen and oxygen atoms in total. The van der Waals surface area contributed by atoms with Crippen LogP contribution in [-0.4, -0.2) is 0 Å². The highest BCUT2D eigenvalue weighted by atomic mass is 35.5. The summed E-state index contributed by atoms with van der Waals surface area (Å²) in [6.07, 6.45) is 0.616. The van der Waals surface area contributed by atoms with Crippen molar-refractivity contribution in [2.75, 3.05) is 0 Å². The monoisotopic (exact) mass is 339 g/mol. The molecule has 0 aliphatic carbocycles. The molecule has 21 heavy (non-hydrogen) atoms. The molecule has 2 N–H and O–H groups in total. The second-order valence-electron chi connectivity index (χ2n) is 4.88. The highest BCUT2D eigenvalue weighted by molar-refractivity contribution is 7.19.